The monoisotopic (exact) mass is 762 g/mol. The first kappa shape index (κ1) is 38.6. The van der Waals surface area contributed by atoms with Gasteiger partial charge in [0.1, 0.15) is 41.2 Å². The number of hydrogen-bond acceptors (Lipinski definition) is 10. The maximum absolute atomic E-state index is 17.2. The number of aromatic nitrogens is 3. The van der Waals surface area contributed by atoms with Gasteiger partial charge in [0.2, 0.25) is 0 Å². The minimum Gasteiger partial charge on any atom is -0.466 e. The van der Waals surface area contributed by atoms with Crippen molar-refractivity contribution in [2.45, 2.75) is 102 Å². The van der Waals surface area contributed by atoms with E-state index in [-0.39, 0.29) is 55.3 Å². The number of esters is 1. The molecule has 0 radical (unpaired) electrons. The number of pyridine rings is 1. The second-order valence-electron chi connectivity index (χ2n) is 15.9. The topological polar surface area (TPSA) is 119 Å². The minimum absolute atomic E-state index is 0.0225. The standard InChI is InChI=1S/C41H49F3N6O5/c1-5-53-32(51)14-7-12-28-31(43)16-15-25-10-6-13-29(33(25)28)35-34(44)36-30(21-45-35)37(49-18-8-11-27(23-49)46-39(52)55-40(2,3)4)48-38(47-36)54-24-41-17-9-19-50(41)22-26(42)20-41/h6,10,13,15-16,21,26-27H,5,7-9,11-12,14,17-20,22-24H2,1-4H3,(H,46,52)/t26-,27-,41+/m1/s1. The van der Waals surface area contributed by atoms with Crippen LogP contribution in [0.1, 0.15) is 78.2 Å². The molecule has 7 rings (SSSR count). The normalized spacial score (nSPS) is 21.5. The third-order valence-corrected chi connectivity index (χ3v) is 10.8. The summed E-state index contributed by atoms with van der Waals surface area (Å²) in [6, 6.07) is 7.99. The molecule has 1 N–H and O–H groups in total. The fourth-order valence-electron chi connectivity index (χ4n) is 8.44. The van der Waals surface area contributed by atoms with E-state index >= 15 is 8.78 Å². The van der Waals surface area contributed by atoms with E-state index in [9.17, 15) is 14.0 Å². The van der Waals surface area contributed by atoms with E-state index in [0.29, 0.717) is 78.4 Å². The van der Waals surface area contributed by atoms with Gasteiger partial charge >= 0.3 is 18.1 Å². The first-order chi connectivity index (χ1) is 26.3. The van der Waals surface area contributed by atoms with Gasteiger partial charge in [-0.3, -0.25) is 14.7 Å². The zero-order valence-corrected chi connectivity index (χ0v) is 31.9. The van der Waals surface area contributed by atoms with Crippen LogP contribution in [-0.2, 0) is 20.7 Å². The highest BCUT2D eigenvalue weighted by Gasteiger charge is 2.49. The van der Waals surface area contributed by atoms with Crippen LogP contribution in [-0.4, -0.2) is 94.7 Å². The van der Waals surface area contributed by atoms with Gasteiger partial charge in [0, 0.05) is 50.3 Å². The molecule has 0 saturated carbocycles. The highest BCUT2D eigenvalue weighted by atomic mass is 19.1. The number of ether oxygens (including phenoxy) is 3. The fourth-order valence-corrected chi connectivity index (χ4v) is 8.44. The van der Waals surface area contributed by atoms with Crippen LogP contribution in [0, 0.1) is 11.6 Å². The number of halogens is 3. The minimum atomic E-state index is -0.952. The number of alkyl carbamates (subject to hydrolysis) is 1. The van der Waals surface area contributed by atoms with Gasteiger partial charge in [-0.25, -0.2) is 18.0 Å². The maximum atomic E-state index is 17.2. The van der Waals surface area contributed by atoms with Crippen molar-refractivity contribution >= 4 is 39.6 Å². The summed E-state index contributed by atoms with van der Waals surface area (Å²) in [5.41, 5.74) is -0.463. The summed E-state index contributed by atoms with van der Waals surface area (Å²) in [6.07, 6.45) is 4.22. The Morgan fingerprint density at radius 3 is 2.71 bits per heavy atom. The van der Waals surface area contributed by atoms with Crippen molar-refractivity contribution in [3.05, 3.63) is 53.7 Å². The molecule has 0 bridgehead atoms. The lowest BCUT2D eigenvalue weighted by molar-refractivity contribution is -0.143. The Labute approximate surface area is 318 Å². The molecule has 0 aliphatic carbocycles. The summed E-state index contributed by atoms with van der Waals surface area (Å²) >= 11 is 0. The summed E-state index contributed by atoms with van der Waals surface area (Å²) in [6.45, 7) is 9.62. The van der Waals surface area contributed by atoms with Crippen LogP contribution >= 0.6 is 0 Å². The summed E-state index contributed by atoms with van der Waals surface area (Å²) in [5.74, 6) is -1.16. The lowest BCUT2D eigenvalue weighted by atomic mass is 9.93. The number of amides is 1. The number of alkyl halides is 1. The highest BCUT2D eigenvalue weighted by molar-refractivity contribution is 6.01. The van der Waals surface area contributed by atoms with Crippen molar-refractivity contribution < 1.29 is 37.0 Å². The average Bonchev–Trinajstić information content (AvgIpc) is 3.66. The number of hydrogen-bond donors (Lipinski definition) is 1. The quantitative estimate of drug-likeness (QED) is 0.154. The van der Waals surface area contributed by atoms with E-state index in [1.165, 1.54) is 12.3 Å². The zero-order chi connectivity index (χ0) is 38.9. The zero-order valence-electron chi connectivity index (χ0n) is 31.9. The summed E-state index contributed by atoms with van der Waals surface area (Å²) in [4.78, 5) is 42.9. The second kappa shape index (κ2) is 15.8. The molecule has 5 heterocycles. The van der Waals surface area contributed by atoms with Gasteiger partial charge in [-0.2, -0.15) is 9.97 Å². The van der Waals surface area contributed by atoms with Crippen LogP contribution < -0.4 is 15.0 Å². The Kier molecular flexibility index (Phi) is 11.1. The van der Waals surface area contributed by atoms with Crippen LogP contribution in [0.3, 0.4) is 0 Å². The van der Waals surface area contributed by atoms with Gasteiger partial charge in [0.05, 0.1) is 17.5 Å². The van der Waals surface area contributed by atoms with Gasteiger partial charge in [0.15, 0.2) is 5.82 Å². The molecule has 3 saturated heterocycles. The summed E-state index contributed by atoms with van der Waals surface area (Å²) in [5, 5.41) is 4.50. The van der Waals surface area contributed by atoms with Crippen LogP contribution in [0.2, 0.25) is 0 Å². The van der Waals surface area contributed by atoms with E-state index in [2.05, 4.69) is 20.2 Å². The number of anilines is 1. The molecule has 3 fully saturated rings. The first-order valence-corrected chi connectivity index (χ1v) is 19.3. The van der Waals surface area contributed by atoms with Gasteiger partial charge in [-0.1, -0.05) is 24.3 Å². The third-order valence-electron chi connectivity index (χ3n) is 10.8. The van der Waals surface area contributed by atoms with Gasteiger partial charge < -0.3 is 24.4 Å². The number of aryl methyl sites for hydroxylation is 1. The molecule has 3 aliphatic rings. The SMILES string of the molecule is CCOC(=O)CCCc1c(F)ccc2cccc(-c3ncc4c(N5CCC[C@@H](NC(=O)OC(C)(C)C)C5)nc(OC[C@@]56CCCN5C[C@H](F)C6)nc4c3F)c12. The van der Waals surface area contributed by atoms with Crippen LogP contribution in [0.25, 0.3) is 32.9 Å². The number of nitrogens with zero attached hydrogens (tertiary/aromatic N) is 5. The number of carbonyl (C=O) groups is 2. The molecular weight excluding hydrogens is 713 g/mol. The van der Waals surface area contributed by atoms with E-state index in [4.69, 9.17) is 19.2 Å². The Morgan fingerprint density at radius 1 is 1.07 bits per heavy atom. The van der Waals surface area contributed by atoms with E-state index in [1.54, 1.807) is 45.9 Å². The molecule has 4 aromatic rings. The molecule has 14 heteroatoms. The largest absolute Gasteiger partial charge is 0.466 e. The lowest BCUT2D eigenvalue weighted by Crippen LogP contribution is -2.49. The number of benzene rings is 2. The Morgan fingerprint density at radius 2 is 1.91 bits per heavy atom. The molecule has 1 amide bonds. The Bertz CT molecular complexity index is 2080. The van der Waals surface area contributed by atoms with Crippen molar-refractivity contribution in [3.63, 3.8) is 0 Å². The predicted molar refractivity (Wildman–Crippen MR) is 203 cm³/mol. The van der Waals surface area contributed by atoms with Crippen molar-refractivity contribution in [2.24, 2.45) is 0 Å². The van der Waals surface area contributed by atoms with Crippen molar-refractivity contribution in [3.8, 4) is 17.3 Å². The molecule has 2 aromatic heterocycles. The number of rotatable bonds is 11. The smallest absolute Gasteiger partial charge is 0.407 e. The fraction of sp³-hybridized carbons (Fsp3) is 0.537. The Balaban J connectivity index is 1.28. The molecule has 3 atom stereocenters. The van der Waals surface area contributed by atoms with E-state index in [1.807, 2.05) is 11.0 Å². The molecule has 0 unspecified atom stereocenters. The van der Waals surface area contributed by atoms with Crippen LogP contribution in [0.4, 0.5) is 23.8 Å². The van der Waals surface area contributed by atoms with Crippen molar-refractivity contribution in [1.82, 2.24) is 25.2 Å². The van der Waals surface area contributed by atoms with E-state index in [0.717, 1.165) is 19.4 Å². The summed E-state index contributed by atoms with van der Waals surface area (Å²) in [7, 11) is 0. The Hall–Kier alpha value is -4.72. The van der Waals surface area contributed by atoms with Crippen LogP contribution in [0.5, 0.6) is 6.01 Å². The van der Waals surface area contributed by atoms with Crippen molar-refractivity contribution in [2.75, 3.05) is 44.3 Å². The van der Waals surface area contributed by atoms with Gasteiger partial charge in [0.25, 0.3) is 0 Å². The molecule has 0 spiro atoms. The molecule has 2 aromatic carbocycles. The van der Waals surface area contributed by atoms with Gasteiger partial charge in [-0.05, 0) is 95.2 Å². The van der Waals surface area contributed by atoms with Gasteiger partial charge in [-0.15, -0.1) is 0 Å². The number of nitrogens with one attached hydrogen (secondary N) is 1. The molecule has 294 valence electrons. The number of fused-ring (bicyclic) bond motifs is 3. The molecule has 3 aliphatic heterocycles. The van der Waals surface area contributed by atoms with E-state index < -0.39 is 35.0 Å². The van der Waals surface area contributed by atoms with Crippen LogP contribution in [0.15, 0.2) is 36.5 Å². The second-order valence-corrected chi connectivity index (χ2v) is 15.9. The lowest BCUT2D eigenvalue weighted by Gasteiger charge is -2.35. The predicted octanol–water partition coefficient (Wildman–Crippen LogP) is 7.46. The maximum Gasteiger partial charge on any atom is 0.407 e. The number of piperidine rings is 1. The molecule has 11 nitrogen and oxygen atoms in total. The van der Waals surface area contributed by atoms with Crippen molar-refractivity contribution in [1.29, 1.82) is 0 Å². The highest BCUT2D eigenvalue weighted by Crippen LogP contribution is 2.41. The average molecular weight is 763 g/mol. The molecular formula is C41H49F3N6O5. The first-order valence-electron chi connectivity index (χ1n) is 19.3. The molecule has 55 heavy (non-hydrogen) atoms. The number of carbonyl (C=O) groups excluding carboxylic acids is 2. The summed E-state index contributed by atoms with van der Waals surface area (Å²) < 4.78 is 64.2. The third kappa shape index (κ3) is 8.29.